The van der Waals surface area contributed by atoms with E-state index in [-0.39, 0.29) is 23.0 Å². The maximum atomic E-state index is 12.9. The smallest absolute Gasteiger partial charge is 0.325 e. The van der Waals surface area contributed by atoms with E-state index in [0.29, 0.717) is 6.42 Å². The topological polar surface area (TPSA) is 53.5 Å². The Bertz CT molecular complexity index is 815. The number of nitrogens with one attached hydrogen (secondary N) is 2. The monoisotopic (exact) mass is 397 g/mol. The van der Waals surface area contributed by atoms with Crippen LogP contribution in [0.1, 0.15) is 24.8 Å². The molecular weight excluding hydrogens is 379 g/mol. The molecule has 8 heteroatoms. The van der Waals surface area contributed by atoms with Gasteiger partial charge in [-0.15, -0.1) is 0 Å². The van der Waals surface area contributed by atoms with Crippen LogP contribution in [0.5, 0.6) is 0 Å². The summed E-state index contributed by atoms with van der Waals surface area (Å²) in [6.45, 7) is 1.62. The molecule has 1 aromatic rings. The quantitative estimate of drug-likeness (QED) is 0.781. The molecule has 0 saturated carbocycles. The number of allylic oxidation sites excluding steroid dienone is 1. The molecule has 2 aliphatic heterocycles. The molecule has 1 aromatic carbocycles. The molecule has 1 atom stereocenters. The first kappa shape index (κ1) is 19.6. The molecule has 3 rings (SSSR count). The summed E-state index contributed by atoms with van der Waals surface area (Å²) in [6.07, 6.45) is 2.81. The SMILES string of the molecule is O=C(C[C@H]1CC=CN=C1C1=CCNCC1)Nc1cc(C(F)(F)F)ccc1Cl. The second kappa shape index (κ2) is 8.27. The number of amides is 1. The van der Waals surface area contributed by atoms with Crippen LogP contribution >= 0.6 is 11.6 Å². The predicted octanol–water partition coefficient (Wildman–Crippen LogP) is 4.58. The molecule has 0 spiro atoms. The van der Waals surface area contributed by atoms with E-state index < -0.39 is 17.6 Å². The molecule has 144 valence electrons. The molecule has 1 amide bonds. The van der Waals surface area contributed by atoms with Gasteiger partial charge in [-0.2, -0.15) is 13.2 Å². The molecule has 2 heterocycles. The number of carbonyl (C=O) groups excluding carboxylic acids is 1. The third-order valence-corrected chi connectivity index (χ3v) is 4.85. The number of aliphatic imine (C=N–C) groups is 1. The Labute approximate surface area is 160 Å². The van der Waals surface area contributed by atoms with Gasteiger partial charge >= 0.3 is 6.18 Å². The first-order chi connectivity index (χ1) is 12.8. The zero-order valence-corrected chi connectivity index (χ0v) is 15.2. The van der Waals surface area contributed by atoms with Gasteiger partial charge < -0.3 is 10.6 Å². The number of halogens is 4. The number of benzene rings is 1. The van der Waals surface area contributed by atoms with Gasteiger partial charge in [-0.05, 0) is 43.2 Å². The lowest BCUT2D eigenvalue weighted by atomic mass is 9.86. The van der Waals surface area contributed by atoms with Crippen LogP contribution in [0.25, 0.3) is 0 Å². The highest BCUT2D eigenvalue weighted by atomic mass is 35.5. The number of nitrogens with zero attached hydrogens (tertiary/aromatic N) is 1. The van der Waals surface area contributed by atoms with Gasteiger partial charge in [0, 0.05) is 30.8 Å². The van der Waals surface area contributed by atoms with Crippen molar-refractivity contribution < 1.29 is 18.0 Å². The van der Waals surface area contributed by atoms with Crippen molar-refractivity contribution in [1.29, 1.82) is 0 Å². The molecule has 0 unspecified atom stereocenters. The summed E-state index contributed by atoms with van der Waals surface area (Å²) in [5.74, 6) is -0.498. The summed E-state index contributed by atoms with van der Waals surface area (Å²) in [6, 6.07) is 2.87. The van der Waals surface area contributed by atoms with Gasteiger partial charge in [-0.25, -0.2) is 0 Å². The zero-order chi connectivity index (χ0) is 19.4. The Morgan fingerprint density at radius 1 is 1.37 bits per heavy atom. The molecule has 4 nitrogen and oxygen atoms in total. The average molecular weight is 398 g/mol. The molecule has 0 fully saturated rings. The molecule has 0 aliphatic carbocycles. The van der Waals surface area contributed by atoms with E-state index >= 15 is 0 Å². The van der Waals surface area contributed by atoms with Crippen LogP contribution in [0.3, 0.4) is 0 Å². The van der Waals surface area contributed by atoms with Crippen molar-refractivity contribution >= 4 is 28.9 Å². The van der Waals surface area contributed by atoms with Crippen molar-refractivity contribution in [2.75, 3.05) is 18.4 Å². The van der Waals surface area contributed by atoms with Crippen molar-refractivity contribution in [3.05, 3.63) is 52.7 Å². The van der Waals surface area contributed by atoms with E-state index in [1.165, 1.54) is 0 Å². The van der Waals surface area contributed by atoms with E-state index in [1.54, 1.807) is 6.20 Å². The largest absolute Gasteiger partial charge is 0.416 e. The summed E-state index contributed by atoms with van der Waals surface area (Å²) < 4.78 is 38.6. The Kier molecular flexibility index (Phi) is 6.01. The van der Waals surface area contributed by atoms with Gasteiger partial charge in [0.1, 0.15) is 0 Å². The lowest BCUT2D eigenvalue weighted by Gasteiger charge is -2.24. The minimum atomic E-state index is -4.50. The minimum absolute atomic E-state index is 0.0394. The molecular formula is C19H19ClF3N3O. The van der Waals surface area contributed by atoms with E-state index in [4.69, 9.17) is 11.6 Å². The molecule has 2 aliphatic rings. The summed E-state index contributed by atoms with van der Waals surface area (Å²) >= 11 is 5.95. The van der Waals surface area contributed by atoms with Crippen molar-refractivity contribution in [2.24, 2.45) is 10.9 Å². The standard InChI is InChI=1S/C19H19ClF3N3O/c20-15-4-3-14(19(21,22)23)11-16(15)26-17(27)10-13-2-1-7-25-18(13)12-5-8-24-9-6-12/h1,3-5,7,11,13,24H,2,6,8-10H2,(H,26,27)/t13-/m1/s1. The van der Waals surface area contributed by atoms with Crippen LogP contribution in [0.4, 0.5) is 18.9 Å². The van der Waals surface area contributed by atoms with Crippen molar-refractivity contribution in [2.45, 2.75) is 25.4 Å². The van der Waals surface area contributed by atoms with Crippen LogP contribution in [0, 0.1) is 5.92 Å². The molecule has 0 saturated heterocycles. The van der Waals surface area contributed by atoms with Crippen molar-refractivity contribution in [3.63, 3.8) is 0 Å². The van der Waals surface area contributed by atoms with Crippen LogP contribution < -0.4 is 10.6 Å². The van der Waals surface area contributed by atoms with Crippen LogP contribution in [0.15, 0.2) is 47.1 Å². The normalized spacial score (nSPS) is 20.1. The average Bonchev–Trinajstić information content (AvgIpc) is 2.64. The van der Waals surface area contributed by atoms with E-state index in [9.17, 15) is 18.0 Å². The second-order valence-corrected chi connectivity index (χ2v) is 6.87. The van der Waals surface area contributed by atoms with E-state index in [0.717, 1.165) is 49.0 Å². The second-order valence-electron chi connectivity index (χ2n) is 6.46. The fourth-order valence-electron chi connectivity index (χ4n) is 3.18. The summed E-state index contributed by atoms with van der Waals surface area (Å²) in [4.78, 5) is 16.9. The molecule has 0 aromatic heterocycles. The maximum absolute atomic E-state index is 12.9. The van der Waals surface area contributed by atoms with Gasteiger partial charge in [0.15, 0.2) is 0 Å². The summed E-state index contributed by atoms with van der Waals surface area (Å²) in [5.41, 5.74) is 1.10. The summed E-state index contributed by atoms with van der Waals surface area (Å²) in [5, 5.41) is 5.81. The van der Waals surface area contributed by atoms with Gasteiger partial charge in [-0.1, -0.05) is 23.8 Å². The Balaban J connectivity index is 1.71. The van der Waals surface area contributed by atoms with Crippen LogP contribution in [-0.2, 0) is 11.0 Å². The highest BCUT2D eigenvalue weighted by Crippen LogP contribution is 2.34. The lowest BCUT2D eigenvalue weighted by molar-refractivity contribution is -0.137. The number of hydrogen-bond acceptors (Lipinski definition) is 3. The van der Waals surface area contributed by atoms with E-state index in [2.05, 4.69) is 21.7 Å². The Morgan fingerprint density at radius 3 is 2.89 bits per heavy atom. The maximum Gasteiger partial charge on any atom is 0.416 e. The van der Waals surface area contributed by atoms with Crippen molar-refractivity contribution in [3.8, 4) is 0 Å². The number of hydrogen-bond donors (Lipinski definition) is 2. The fourth-order valence-corrected chi connectivity index (χ4v) is 3.34. The lowest BCUT2D eigenvalue weighted by Crippen LogP contribution is -2.29. The number of rotatable bonds is 4. The predicted molar refractivity (Wildman–Crippen MR) is 100.0 cm³/mol. The first-order valence-corrected chi connectivity index (χ1v) is 9.02. The van der Waals surface area contributed by atoms with E-state index in [1.807, 2.05) is 6.08 Å². The van der Waals surface area contributed by atoms with Gasteiger partial charge in [0.25, 0.3) is 0 Å². The Hall–Kier alpha value is -2.12. The molecule has 2 N–H and O–H groups in total. The van der Waals surface area contributed by atoms with Gasteiger partial charge in [0.2, 0.25) is 5.91 Å². The van der Waals surface area contributed by atoms with Gasteiger partial charge in [0.05, 0.1) is 16.3 Å². The van der Waals surface area contributed by atoms with Crippen molar-refractivity contribution in [1.82, 2.24) is 5.32 Å². The summed E-state index contributed by atoms with van der Waals surface area (Å²) in [7, 11) is 0. The fraction of sp³-hybridized carbons (Fsp3) is 0.368. The van der Waals surface area contributed by atoms with Crippen LogP contribution in [0.2, 0.25) is 5.02 Å². The zero-order valence-electron chi connectivity index (χ0n) is 14.4. The molecule has 27 heavy (non-hydrogen) atoms. The Morgan fingerprint density at radius 2 is 2.19 bits per heavy atom. The highest BCUT2D eigenvalue weighted by molar-refractivity contribution is 6.33. The number of alkyl halides is 3. The van der Waals surface area contributed by atoms with Crippen LogP contribution in [-0.4, -0.2) is 24.7 Å². The highest BCUT2D eigenvalue weighted by Gasteiger charge is 2.31. The minimum Gasteiger partial charge on any atom is -0.325 e. The number of carbonyl (C=O) groups is 1. The molecule has 0 radical (unpaired) electrons. The third-order valence-electron chi connectivity index (χ3n) is 4.52. The first-order valence-electron chi connectivity index (χ1n) is 8.64. The molecule has 0 bridgehead atoms. The third kappa shape index (κ3) is 4.99. The van der Waals surface area contributed by atoms with Gasteiger partial charge in [-0.3, -0.25) is 9.79 Å². The number of anilines is 1.